The molecular formula is C24H23F6N5O2. The Hall–Kier alpha value is -3.32. The van der Waals surface area contributed by atoms with E-state index >= 15 is 0 Å². The maximum atomic E-state index is 14.8. The molecule has 1 unspecified atom stereocenters. The van der Waals surface area contributed by atoms with Crippen LogP contribution in [0.4, 0.5) is 43.7 Å². The first-order valence-electron chi connectivity index (χ1n) is 11.6. The zero-order valence-electron chi connectivity index (χ0n) is 19.2. The van der Waals surface area contributed by atoms with E-state index in [1.165, 1.54) is 12.1 Å². The highest BCUT2D eigenvalue weighted by atomic mass is 19.4. The number of hydrogen-bond acceptors (Lipinski definition) is 6. The van der Waals surface area contributed by atoms with Crippen molar-refractivity contribution in [1.29, 1.82) is 0 Å². The molecule has 0 radical (unpaired) electrons. The van der Waals surface area contributed by atoms with Crippen molar-refractivity contribution in [2.75, 3.05) is 16.8 Å². The monoisotopic (exact) mass is 527 g/mol. The number of nitrogens with two attached hydrogens (primary N) is 1. The van der Waals surface area contributed by atoms with E-state index in [0.29, 0.717) is 18.7 Å². The van der Waals surface area contributed by atoms with Gasteiger partial charge in [0, 0.05) is 36.0 Å². The first kappa shape index (κ1) is 25.3. The van der Waals surface area contributed by atoms with Crippen molar-refractivity contribution in [3.63, 3.8) is 0 Å². The van der Waals surface area contributed by atoms with Crippen LogP contribution in [0.25, 0.3) is 0 Å². The van der Waals surface area contributed by atoms with E-state index in [-0.39, 0.29) is 30.0 Å². The SMILES string of the molecule is NC1(CNc2ccc3c(n2)N(c2c(F)cc(F)cc2F)C=C(C(=O)N[C@@H](C2CC2)C(F)(F)F)C3O)CC1. The van der Waals surface area contributed by atoms with E-state index in [9.17, 15) is 36.2 Å². The number of halogens is 6. The summed E-state index contributed by atoms with van der Waals surface area (Å²) in [5.41, 5.74) is 4.15. The number of carbonyl (C=O) groups excluding carboxylic acids is 1. The summed E-state index contributed by atoms with van der Waals surface area (Å²) in [6.45, 7) is 0.351. The summed E-state index contributed by atoms with van der Waals surface area (Å²) in [6, 6.07) is 1.46. The summed E-state index contributed by atoms with van der Waals surface area (Å²) < 4.78 is 83.7. The van der Waals surface area contributed by atoms with E-state index < -0.39 is 64.4 Å². The van der Waals surface area contributed by atoms with Crippen molar-refractivity contribution < 1.29 is 36.2 Å². The number of aliphatic hydroxyl groups excluding tert-OH is 1. The van der Waals surface area contributed by atoms with E-state index in [1.54, 1.807) is 0 Å². The molecule has 0 bridgehead atoms. The Balaban J connectivity index is 1.55. The molecule has 2 aliphatic carbocycles. The summed E-state index contributed by atoms with van der Waals surface area (Å²) in [6.07, 6.45) is -3.53. The van der Waals surface area contributed by atoms with Gasteiger partial charge in [0.1, 0.15) is 35.3 Å². The van der Waals surface area contributed by atoms with Gasteiger partial charge in [0.25, 0.3) is 5.91 Å². The van der Waals surface area contributed by atoms with Crippen molar-refractivity contribution in [3.8, 4) is 0 Å². The molecule has 2 aromatic rings. The molecule has 1 aliphatic heterocycles. The van der Waals surface area contributed by atoms with Gasteiger partial charge in [0.05, 0.1) is 5.57 Å². The zero-order valence-corrected chi connectivity index (χ0v) is 19.2. The number of amides is 1. The topological polar surface area (TPSA) is 104 Å². The van der Waals surface area contributed by atoms with E-state index in [2.05, 4.69) is 10.3 Å². The van der Waals surface area contributed by atoms with Crippen LogP contribution in [0, 0.1) is 23.4 Å². The fourth-order valence-corrected chi connectivity index (χ4v) is 4.25. The number of aromatic nitrogens is 1. The summed E-state index contributed by atoms with van der Waals surface area (Å²) in [5, 5.41) is 15.8. The number of aliphatic hydroxyl groups is 1. The lowest BCUT2D eigenvalue weighted by Crippen LogP contribution is -2.48. The molecule has 5 rings (SSSR count). The van der Waals surface area contributed by atoms with Crippen molar-refractivity contribution in [2.45, 2.75) is 49.5 Å². The van der Waals surface area contributed by atoms with E-state index in [1.807, 2.05) is 5.32 Å². The molecule has 0 saturated heterocycles. The van der Waals surface area contributed by atoms with Crippen LogP contribution in [0.3, 0.4) is 0 Å². The van der Waals surface area contributed by atoms with Gasteiger partial charge < -0.3 is 21.5 Å². The highest BCUT2D eigenvalue weighted by molar-refractivity contribution is 5.97. The summed E-state index contributed by atoms with van der Waals surface area (Å²) in [4.78, 5) is 18.0. The Bertz CT molecular complexity index is 1250. The van der Waals surface area contributed by atoms with Gasteiger partial charge >= 0.3 is 6.18 Å². The van der Waals surface area contributed by atoms with Gasteiger partial charge in [-0.1, -0.05) is 0 Å². The molecule has 1 aromatic carbocycles. The van der Waals surface area contributed by atoms with Crippen molar-refractivity contribution in [1.82, 2.24) is 10.3 Å². The normalized spacial score (nSPS) is 21.1. The highest BCUT2D eigenvalue weighted by Crippen LogP contribution is 2.44. The molecule has 37 heavy (non-hydrogen) atoms. The predicted octanol–water partition coefficient (Wildman–Crippen LogP) is 3.93. The number of pyridine rings is 1. The van der Waals surface area contributed by atoms with E-state index in [0.717, 1.165) is 23.9 Å². The second-order valence-electron chi connectivity index (χ2n) is 9.73. The van der Waals surface area contributed by atoms with Crippen LogP contribution in [0.1, 0.15) is 37.4 Å². The Morgan fingerprint density at radius 3 is 2.41 bits per heavy atom. The fourth-order valence-electron chi connectivity index (χ4n) is 4.25. The van der Waals surface area contributed by atoms with Crippen molar-refractivity contribution in [3.05, 3.63) is 59.1 Å². The number of nitrogens with zero attached hydrogens (tertiary/aromatic N) is 2. The third-order valence-electron chi connectivity index (χ3n) is 6.72. The Morgan fingerprint density at radius 2 is 1.84 bits per heavy atom. The number of anilines is 3. The molecule has 2 fully saturated rings. The molecule has 13 heteroatoms. The van der Waals surface area contributed by atoms with Gasteiger partial charge in [-0.25, -0.2) is 18.2 Å². The van der Waals surface area contributed by atoms with Gasteiger partial charge in [-0.05, 0) is 43.7 Å². The van der Waals surface area contributed by atoms with Crippen molar-refractivity contribution in [2.24, 2.45) is 11.7 Å². The lowest BCUT2D eigenvalue weighted by Gasteiger charge is -2.32. The second-order valence-corrected chi connectivity index (χ2v) is 9.73. The molecule has 198 valence electrons. The number of nitrogens with one attached hydrogen (secondary N) is 2. The molecule has 0 spiro atoms. The molecule has 1 aromatic heterocycles. The lowest BCUT2D eigenvalue weighted by molar-refractivity contribution is -0.165. The maximum absolute atomic E-state index is 14.8. The van der Waals surface area contributed by atoms with Crippen LogP contribution >= 0.6 is 0 Å². The summed E-state index contributed by atoms with van der Waals surface area (Å²) >= 11 is 0. The zero-order chi connectivity index (χ0) is 26.7. The third kappa shape index (κ3) is 5.10. The van der Waals surface area contributed by atoms with Crippen molar-refractivity contribution >= 4 is 23.2 Å². The van der Waals surface area contributed by atoms with Gasteiger partial charge in [-0.2, -0.15) is 13.2 Å². The van der Waals surface area contributed by atoms with Crippen LogP contribution in [-0.2, 0) is 4.79 Å². The largest absolute Gasteiger partial charge is 0.408 e. The lowest BCUT2D eigenvalue weighted by atomic mass is 9.97. The minimum Gasteiger partial charge on any atom is -0.383 e. The first-order valence-corrected chi connectivity index (χ1v) is 11.6. The maximum Gasteiger partial charge on any atom is 0.408 e. The van der Waals surface area contributed by atoms with Crippen LogP contribution in [0.15, 0.2) is 36.0 Å². The predicted molar refractivity (Wildman–Crippen MR) is 121 cm³/mol. The number of benzene rings is 1. The van der Waals surface area contributed by atoms with Crippen LogP contribution in [0.5, 0.6) is 0 Å². The summed E-state index contributed by atoms with van der Waals surface area (Å²) in [5.74, 6) is -5.91. The Labute approximate surface area is 207 Å². The van der Waals surface area contributed by atoms with Crippen LogP contribution < -0.4 is 21.3 Å². The number of carbonyl (C=O) groups is 1. The highest BCUT2D eigenvalue weighted by Gasteiger charge is 2.50. The minimum absolute atomic E-state index is 0.0924. The number of rotatable bonds is 7. The molecule has 5 N–H and O–H groups in total. The van der Waals surface area contributed by atoms with Gasteiger partial charge in [0.2, 0.25) is 0 Å². The number of fused-ring (bicyclic) bond motifs is 1. The summed E-state index contributed by atoms with van der Waals surface area (Å²) in [7, 11) is 0. The second kappa shape index (κ2) is 8.91. The van der Waals surface area contributed by atoms with Gasteiger partial charge in [-0.3, -0.25) is 9.69 Å². The van der Waals surface area contributed by atoms with Gasteiger partial charge in [0.15, 0.2) is 11.6 Å². The Morgan fingerprint density at radius 1 is 1.19 bits per heavy atom. The standard InChI is InChI=1S/C24H23F6N5O2/c25-12-7-15(26)18(16(27)8-12)35-9-14(22(37)34-20(11-1-2-11)24(28,29)30)19(36)13-3-4-17(33-21(13)35)32-10-23(31)5-6-23/h3-4,7-9,11,19-20,36H,1-2,5-6,10,31H2,(H,32,33)(H,34,37)/t19?,20-/m0/s1. The third-order valence-corrected chi connectivity index (χ3v) is 6.72. The average Bonchev–Trinajstić information content (AvgIpc) is 3.74. The first-order chi connectivity index (χ1) is 17.4. The average molecular weight is 527 g/mol. The number of alkyl halides is 3. The van der Waals surface area contributed by atoms with Crippen LogP contribution in [-0.4, -0.2) is 40.3 Å². The van der Waals surface area contributed by atoms with Crippen LogP contribution in [0.2, 0.25) is 0 Å². The smallest absolute Gasteiger partial charge is 0.383 e. The Kier molecular flexibility index (Phi) is 6.10. The molecule has 2 atom stereocenters. The van der Waals surface area contributed by atoms with E-state index in [4.69, 9.17) is 5.73 Å². The minimum atomic E-state index is -4.73. The molecular weight excluding hydrogens is 504 g/mol. The quantitative estimate of drug-likeness (QED) is 0.407. The number of hydrogen-bond donors (Lipinski definition) is 4. The van der Waals surface area contributed by atoms with Gasteiger partial charge in [-0.15, -0.1) is 0 Å². The molecule has 2 heterocycles. The molecule has 3 aliphatic rings. The molecule has 1 amide bonds. The molecule has 2 saturated carbocycles. The fraction of sp³-hybridized carbons (Fsp3) is 0.417. The molecule has 7 nitrogen and oxygen atoms in total.